The van der Waals surface area contributed by atoms with Crippen LogP contribution in [0.15, 0.2) is 49.4 Å². The molecule has 9 heteroatoms. The van der Waals surface area contributed by atoms with Gasteiger partial charge in [-0.2, -0.15) is 10.1 Å². The third kappa shape index (κ3) is 3.52. The van der Waals surface area contributed by atoms with Crippen LogP contribution < -0.4 is 10.6 Å². The summed E-state index contributed by atoms with van der Waals surface area (Å²) in [6.07, 6.45) is 5.94. The van der Waals surface area contributed by atoms with Gasteiger partial charge in [-0.1, -0.05) is 6.58 Å². The molecule has 152 valence electrons. The van der Waals surface area contributed by atoms with Gasteiger partial charge in [0.2, 0.25) is 11.9 Å². The Hall–Kier alpha value is -4.01. The number of nitrogens with one attached hydrogen (secondary N) is 2. The molecule has 1 amide bonds. The molecule has 0 bridgehead atoms. The van der Waals surface area contributed by atoms with Crippen LogP contribution in [0.3, 0.4) is 0 Å². The van der Waals surface area contributed by atoms with Crippen molar-refractivity contribution in [3.63, 3.8) is 0 Å². The van der Waals surface area contributed by atoms with Gasteiger partial charge in [-0.25, -0.2) is 9.37 Å². The predicted octanol–water partition coefficient (Wildman–Crippen LogP) is 3.78. The molecule has 0 aliphatic heterocycles. The lowest BCUT2D eigenvalue weighted by molar-refractivity contribution is -0.111. The summed E-state index contributed by atoms with van der Waals surface area (Å²) in [7, 11) is 1.82. The maximum absolute atomic E-state index is 14.7. The van der Waals surface area contributed by atoms with Crippen LogP contribution in [0.2, 0.25) is 0 Å². The molecule has 3 heterocycles. The third-order valence-electron chi connectivity index (χ3n) is 4.67. The molecule has 0 saturated heterocycles. The Morgan fingerprint density at radius 3 is 2.77 bits per heavy atom. The van der Waals surface area contributed by atoms with Crippen molar-refractivity contribution in [2.45, 2.75) is 13.8 Å². The number of amides is 1. The number of carbonyl (C=O) groups is 1. The number of halogens is 1. The third-order valence-corrected chi connectivity index (χ3v) is 4.67. The molecule has 8 nitrogen and oxygen atoms in total. The van der Waals surface area contributed by atoms with Gasteiger partial charge in [0.1, 0.15) is 0 Å². The number of hydrogen-bond acceptors (Lipinski definition) is 5. The second kappa shape index (κ2) is 7.43. The van der Waals surface area contributed by atoms with E-state index in [0.29, 0.717) is 5.69 Å². The lowest BCUT2D eigenvalue weighted by Crippen LogP contribution is -2.07. The van der Waals surface area contributed by atoms with E-state index in [1.165, 1.54) is 6.08 Å². The molecule has 0 spiro atoms. The van der Waals surface area contributed by atoms with Crippen molar-refractivity contribution in [1.29, 1.82) is 0 Å². The summed E-state index contributed by atoms with van der Waals surface area (Å²) < 4.78 is 18.0. The highest BCUT2D eigenvalue weighted by atomic mass is 19.1. The summed E-state index contributed by atoms with van der Waals surface area (Å²) in [6, 6.07) is 5.39. The predicted molar refractivity (Wildman–Crippen MR) is 114 cm³/mol. The summed E-state index contributed by atoms with van der Waals surface area (Å²) in [4.78, 5) is 20.0. The highest BCUT2D eigenvalue weighted by Crippen LogP contribution is 2.28. The van der Waals surface area contributed by atoms with Crippen molar-refractivity contribution in [3.8, 4) is 5.82 Å². The fourth-order valence-corrected chi connectivity index (χ4v) is 3.27. The molecule has 4 rings (SSSR count). The van der Waals surface area contributed by atoms with Crippen molar-refractivity contribution in [3.05, 3.63) is 66.5 Å². The minimum atomic E-state index is -0.551. The number of hydrogen-bond donors (Lipinski definition) is 2. The van der Waals surface area contributed by atoms with Gasteiger partial charge >= 0.3 is 0 Å². The van der Waals surface area contributed by atoms with Crippen LogP contribution in [0, 0.1) is 19.7 Å². The zero-order valence-corrected chi connectivity index (χ0v) is 16.8. The fourth-order valence-electron chi connectivity index (χ4n) is 3.27. The van der Waals surface area contributed by atoms with Crippen LogP contribution in [0.1, 0.15) is 11.3 Å². The SMILES string of the molecule is C=CC(=O)Nc1ccc2c(c1)c(C)cn2-c1nc(Nc2cn(C)nc2C)ncc1F. The first-order valence-electron chi connectivity index (χ1n) is 9.21. The Bertz CT molecular complexity index is 1290. The van der Waals surface area contributed by atoms with E-state index in [1.54, 1.807) is 33.8 Å². The standard InChI is InChI=1S/C21H20FN7O/c1-5-19(30)24-14-6-7-18-15(8-14)12(2)10-29(18)20-16(22)9-23-21(26-20)25-17-11-28(4)27-13(17)3/h5-11H,1H2,2-4H3,(H,24,30)(H,23,25,26). The Labute approximate surface area is 172 Å². The Morgan fingerprint density at radius 2 is 2.07 bits per heavy atom. The minimum Gasteiger partial charge on any atom is -0.323 e. The molecule has 1 aromatic carbocycles. The van der Waals surface area contributed by atoms with E-state index in [4.69, 9.17) is 0 Å². The summed E-state index contributed by atoms with van der Waals surface area (Å²) in [5.74, 6) is -0.467. The molecule has 0 fully saturated rings. The first-order valence-corrected chi connectivity index (χ1v) is 9.21. The number of aryl methyl sites for hydroxylation is 3. The van der Waals surface area contributed by atoms with Crippen LogP contribution >= 0.6 is 0 Å². The van der Waals surface area contributed by atoms with Crippen LogP contribution in [-0.4, -0.2) is 30.2 Å². The largest absolute Gasteiger partial charge is 0.323 e. The normalized spacial score (nSPS) is 10.9. The van der Waals surface area contributed by atoms with Gasteiger partial charge < -0.3 is 10.6 Å². The molecular formula is C21H20FN7O. The van der Waals surface area contributed by atoms with Crippen molar-refractivity contribution in [2.24, 2.45) is 7.05 Å². The smallest absolute Gasteiger partial charge is 0.247 e. The minimum absolute atomic E-state index is 0.120. The van der Waals surface area contributed by atoms with Gasteiger partial charge in [-0.3, -0.25) is 14.0 Å². The van der Waals surface area contributed by atoms with Gasteiger partial charge in [0.25, 0.3) is 0 Å². The molecule has 0 aliphatic carbocycles. The number of fused-ring (bicyclic) bond motifs is 1. The molecule has 0 saturated carbocycles. The topological polar surface area (TPSA) is 89.7 Å². The monoisotopic (exact) mass is 405 g/mol. The first-order chi connectivity index (χ1) is 14.4. The van der Waals surface area contributed by atoms with E-state index in [2.05, 4.69) is 32.3 Å². The molecule has 0 aliphatic rings. The van der Waals surface area contributed by atoms with E-state index in [9.17, 15) is 9.18 Å². The van der Waals surface area contributed by atoms with Gasteiger partial charge in [0.05, 0.1) is 23.1 Å². The molecule has 0 atom stereocenters. The average molecular weight is 405 g/mol. The van der Waals surface area contributed by atoms with Crippen LogP contribution in [0.4, 0.5) is 21.7 Å². The maximum Gasteiger partial charge on any atom is 0.247 e. The summed E-state index contributed by atoms with van der Waals surface area (Å²) in [5, 5.41) is 10.9. The molecule has 3 aromatic heterocycles. The van der Waals surface area contributed by atoms with Crippen molar-refractivity contribution in [2.75, 3.05) is 10.6 Å². The number of anilines is 3. The van der Waals surface area contributed by atoms with E-state index in [1.807, 2.05) is 27.0 Å². The molecule has 0 unspecified atom stereocenters. The lowest BCUT2D eigenvalue weighted by Gasteiger charge is -2.09. The van der Waals surface area contributed by atoms with Crippen molar-refractivity contribution in [1.82, 2.24) is 24.3 Å². The first kappa shape index (κ1) is 19.3. The lowest BCUT2D eigenvalue weighted by atomic mass is 10.2. The number of aromatic nitrogens is 5. The molecule has 4 aromatic rings. The van der Waals surface area contributed by atoms with E-state index < -0.39 is 5.82 Å². The Morgan fingerprint density at radius 1 is 1.27 bits per heavy atom. The van der Waals surface area contributed by atoms with Gasteiger partial charge in [-0.15, -0.1) is 0 Å². The van der Waals surface area contributed by atoms with E-state index >= 15 is 0 Å². The van der Waals surface area contributed by atoms with Gasteiger partial charge in [0.15, 0.2) is 11.6 Å². The van der Waals surface area contributed by atoms with Gasteiger partial charge in [-0.05, 0) is 43.7 Å². The molecule has 2 N–H and O–H groups in total. The summed E-state index contributed by atoms with van der Waals surface area (Å²) >= 11 is 0. The second-order valence-electron chi connectivity index (χ2n) is 6.90. The molecule has 0 radical (unpaired) electrons. The van der Waals surface area contributed by atoms with E-state index in [-0.39, 0.29) is 17.7 Å². The zero-order valence-electron chi connectivity index (χ0n) is 16.8. The Balaban J connectivity index is 1.75. The van der Waals surface area contributed by atoms with Crippen LogP contribution in [0.25, 0.3) is 16.7 Å². The van der Waals surface area contributed by atoms with E-state index in [0.717, 1.165) is 34.0 Å². The average Bonchev–Trinajstić information content (AvgIpc) is 3.21. The van der Waals surface area contributed by atoms with Gasteiger partial charge in [0, 0.05) is 30.5 Å². The highest BCUT2D eigenvalue weighted by molar-refractivity contribution is 6.00. The zero-order chi connectivity index (χ0) is 21.4. The number of nitrogens with zero attached hydrogens (tertiary/aromatic N) is 5. The molecule has 30 heavy (non-hydrogen) atoms. The number of rotatable bonds is 5. The number of benzene rings is 1. The summed E-state index contributed by atoms with van der Waals surface area (Å²) in [5.41, 5.74) is 3.82. The molecular weight excluding hydrogens is 385 g/mol. The highest BCUT2D eigenvalue weighted by Gasteiger charge is 2.15. The van der Waals surface area contributed by atoms with Crippen molar-refractivity contribution >= 4 is 34.1 Å². The maximum atomic E-state index is 14.7. The second-order valence-corrected chi connectivity index (χ2v) is 6.90. The number of carbonyl (C=O) groups excluding carboxylic acids is 1. The fraction of sp³-hybridized carbons (Fsp3) is 0.143. The van der Waals surface area contributed by atoms with Crippen LogP contribution in [-0.2, 0) is 11.8 Å². The Kier molecular flexibility index (Phi) is 4.78. The van der Waals surface area contributed by atoms with Crippen LogP contribution in [0.5, 0.6) is 0 Å². The summed E-state index contributed by atoms with van der Waals surface area (Å²) in [6.45, 7) is 7.22. The van der Waals surface area contributed by atoms with Crippen molar-refractivity contribution < 1.29 is 9.18 Å². The quantitative estimate of drug-likeness (QED) is 0.493.